The van der Waals surface area contributed by atoms with E-state index in [4.69, 9.17) is 16.9 Å². The van der Waals surface area contributed by atoms with Crippen LogP contribution >= 0.6 is 0 Å². The molecule has 7 rings (SSSR count). The van der Waals surface area contributed by atoms with E-state index < -0.39 is 41.9 Å². The van der Waals surface area contributed by atoms with Crippen molar-refractivity contribution in [3.05, 3.63) is 47.7 Å². The maximum absolute atomic E-state index is 16.6. The molecule has 2 aromatic carbocycles. The number of nitrogens with zero attached hydrogens (tertiary/aromatic N) is 5. The van der Waals surface area contributed by atoms with Crippen LogP contribution in [0.4, 0.5) is 27.8 Å². The van der Waals surface area contributed by atoms with Crippen LogP contribution in [0.5, 0.6) is 11.8 Å². The Hall–Kier alpha value is -4.28. The Bertz CT molecular complexity index is 1880. The molecule has 0 bridgehead atoms. The van der Waals surface area contributed by atoms with Crippen LogP contribution in [0.2, 0.25) is 0 Å². The number of alkyl halides is 3. The standard InChI is InChI=1S/C32H29F5N6O2/c1-2-20-23(34)5-4-17-10-19(44)11-21(25(17)20)27-26(35)28-22(13-39-27)29(42-9-6-24(38)32(36,37)15-42)41-30(40-28)45-16-31-7-3-8-43(31)14-18(33)12-31/h1,4-5,10-11,13,18,24,44H,3,6-9,12,14-16,38H2/t18-,24?,31+/m1/s1. The van der Waals surface area contributed by atoms with Crippen LogP contribution < -0.4 is 15.4 Å². The van der Waals surface area contributed by atoms with E-state index in [1.165, 1.54) is 29.3 Å². The number of aromatic hydroxyl groups is 1. The van der Waals surface area contributed by atoms with Gasteiger partial charge in [-0.1, -0.05) is 12.0 Å². The van der Waals surface area contributed by atoms with Gasteiger partial charge in [-0.3, -0.25) is 9.88 Å². The maximum atomic E-state index is 16.6. The number of terminal acetylenes is 1. The number of rotatable bonds is 5. The normalized spacial score (nSPS) is 24.7. The lowest BCUT2D eigenvalue weighted by Gasteiger charge is -2.37. The molecule has 3 aliphatic rings. The number of fused-ring (bicyclic) bond motifs is 3. The van der Waals surface area contributed by atoms with Gasteiger partial charge in [-0.05, 0) is 49.4 Å². The van der Waals surface area contributed by atoms with E-state index >= 15 is 4.39 Å². The minimum atomic E-state index is -3.25. The van der Waals surface area contributed by atoms with Gasteiger partial charge in [-0.15, -0.1) is 6.42 Å². The van der Waals surface area contributed by atoms with Crippen molar-refractivity contribution in [3.63, 3.8) is 0 Å². The summed E-state index contributed by atoms with van der Waals surface area (Å²) in [6, 6.07) is 3.50. The number of pyridine rings is 1. The van der Waals surface area contributed by atoms with Crippen molar-refractivity contribution in [1.29, 1.82) is 0 Å². The molecule has 1 unspecified atom stereocenters. The van der Waals surface area contributed by atoms with Gasteiger partial charge in [0.2, 0.25) is 0 Å². The molecule has 3 fully saturated rings. The predicted molar refractivity (Wildman–Crippen MR) is 158 cm³/mol. The quantitative estimate of drug-likeness (QED) is 0.238. The average Bonchev–Trinajstić information content (AvgIpc) is 3.53. The van der Waals surface area contributed by atoms with E-state index in [-0.39, 0.29) is 83.2 Å². The van der Waals surface area contributed by atoms with Gasteiger partial charge < -0.3 is 20.5 Å². The molecule has 0 saturated carbocycles. The molecule has 8 nitrogen and oxygen atoms in total. The van der Waals surface area contributed by atoms with Gasteiger partial charge in [0.05, 0.1) is 29.1 Å². The summed E-state index contributed by atoms with van der Waals surface area (Å²) in [5, 5.41) is 11.0. The Labute approximate surface area is 255 Å². The highest BCUT2D eigenvalue weighted by molar-refractivity contribution is 6.03. The maximum Gasteiger partial charge on any atom is 0.319 e. The number of phenolic OH excluding ortho intramolecular Hbond substituents is 1. The van der Waals surface area contributed by atoms with Gasteiger partial charge in [0.15, 0.2) is 5.82 Å². The molecule has 3 aliphatic heterocycles. The zero-order chi connectivity index (χ0) is 31.7. The van der Waals surface area contributed by atoms with Crippen LogP contribution in [0.3, 0.4) is 0 Å². The van der Waals surface area contributed by atoms with Crippen molar-refractivity contribution in [1.82, 2.24) is 19.9 Å². The number of ether oxygens (including phenoxy) is 1. The predicted octanol–water partition coefficient (Wildman–Crippen LogP) is 4.94. The first-order chi connectivity index (χ1) is 21.5. The van der Waals surface area contributed by atoms with Crippen LogP contribution in [-0.2, 0) is 0 Å². The fourth-order valence-corrected chi connectivity index (χ4v) is 7.05. The Balaban J connectivity index is 1.39. The number of halogens is 5. The Morgan fingerprint density at radius 2 is 2.00 bits per heavy atom. The smallest absolute Gasteiger partial charge is 0.319 e. The number of hydrogen-bond acceptors (Lipinski definition) is 8. The number of nitrogens with two attached hydrogens (primary N) is 1. The molecule has 3 atom stereocenters. The van der Waals surface area contributed by atoms with Gasteiger partial charge in [0.1, 0.15) is 41.4 Å². The first-order valence-corrected chi connectivity index (χ1v) is 14.7. The number of aromatic nitrogens is 3. The van der Waals surface area contributed by atoms with Gasteiger partial charge in [0, 0.05) is 36.7 Å². The second-order valence-corrected chi connectivity index (χ2v) is 12.1. The minimum Gasteiger partial charge on any atom is -0.508 e. The molecule has 0 radical (unpaired) electrons. The fraction of sp³-hybridized carbons (Fsp3) is 0.406. The SMILES string of the molecule is C#Cc1c(F)ccc2cc(O)cc(-c3ncc4c(N5CCC(N)C(F)(F)C5)nc(OC[C@@]56CCCN5C[C@H](F)C6)nc4c3F)c12. The molecule has 2 aromatic heterocycles. The number of piperidine rings is 1. The number of benzene rings is 2. The Kier molecular flexibility index (Phi) is 6.98. The highest BCUT2D eigenvalue weighted by Crippen LogP contribution is 2.42. The molecular weight excluding hydrogens is 595 g/mol. The molecule has 5 heterocycles. The van der Waals surface area contributed by atoms with E-state index in [1.807, 2.05) is 4.90 Å². The van der Waals surface area contributed by atoms with Crippen molar-refractivity contribution in [2.75, 3.05) is 37.7 Å². The van der Waals surface area contributed by atoms with Crippen LogP contribution in [-0.4, -0.2) is 81.4 Å². The van der Waals surface area contributed by atoms with Gasteiger partial charge in [0.25, 0.3) is 5.92 Å². The second kappa shape index (κ2) is 10.7. The monoisotopic (exact) mass is 624 g/mol. The summed E-state index contributed by atoms with van der Waals surface area (Å²) in [5.41, 5.74) is 4.37. The largest absolute Gasteiger partial charge is 0.508 e. The summed E-state index contributed by atoms with van der Waals surface area (Å²) in [5.74, 6) is -2.92. The van der Waals surface area contributed by atoms with E-state index in [0.29, 0.717) is 11.8 Å². The third-order valence-corrected chi connectivity index (χ3v) is 9.28. The first-order valence-electron chi connectivity index (χ1n) is 14.7. The average molecular weight is 625 g/mol. The highest BCUT2D eigenvalue weighted by atomic mass is 19.3. The molecule has 234 valence electrons. The summed E-state index contributed by atoms with van der Waals surface area (Å²) in [6.07, 6.45) is 7.63. The van der Waals surface area contributed by atoms with Gasteiger partial charge in [-0.2, -0.15) is 9.97 Å². The van der Waals surface area contributed by atoms with Crippen LogP contribution in [0.1, 0.15) is 31.2 Å². The summed E-state index contributed by atoms with van der Waals surface area (Å²) in [4.78, 5) is 16.4. The third-order valence-electron chi connectivity index (χ3n) is 9.28. The Morgan fingerprint density at radius 1 is 1.18 bits per heavy atom. The molecular formula is C32H29F5N6O2. The molecule has 45 heavy (non-hydrogen) atoms. The zero-order valence-electron chi connectivity index (χ0n) is 24.0. The second-order valence-electron chi connectivity index (χ2n) is 12.1. The van der Waals surface area contributed by atoms with Crippen molar-refractivity contribution in [3.8, 4) is 35.4 Å². The van der Waals surface area contributed by atoms with E-state index in [0.717, 1.165) is 19.0 Å². The van der Waals surface area contributed by atoms with E-state index in [2.05, 4.69) is 20.9 Å². The minimum absolute atomic E-state index is 0.00962. The molecule has 3 N–H and O–H groups in total. The van der Waals surface area contributed by atoms with Crippen molar-refractivity contribution in [2.24, 2.45) is 5.73 Å². The lowest BCUT2D eigenvalue weighted by atomic mass is 9.95. The molecule has 0 aliphatic carbocycles. The van der Waals surface area contributed by atoms with Crippen molar-refractivity contribution in [2.45, 2.75) is 49.4 Å². The molecule has 13 heteroatoms. The first kappa shape index (κ1) is 29.4. The molecule has 0 amide bonds. The van der Waals surface area contributed by atoms with Crippen LogP contribution in [0.15, 0.2) is 30.5 Å². The van der Waals surface area contributed by atoms with Gasteiger partial charge in [-0.25, -0.2) is 22.0 Å². The van der Waals surface area contributed by atoms with Gasteiger partial charge >= 0.3 is 6.01 Å². The Morgan fingerprint density at radius 3 is 2.78 bits per heavy atom. The topological polar surface area (TPSA) is 101 Å². The summed E-state index contributed by atoms with van der Waals surface area (Å²) in [6.45, 7) is 0.374. The highest BCUT2D eigenvalue weighted by Gasteiger charge is 2.49. The number of phenols is 1. The van der Waals surface area contributed by atoms with Crippen LogP contribution in [0.25, 0.3) is 32.9 Å². The van der Waals surface area contributed by atoms with Crippen molar-refractivity contribution >= 4 is 27.5 Å². The van der Waals surface area contributed by atoms with E-state index in [1.54, 1.807) is 0 Å². The summed E-state index contributed by atoms with van der Waals surface area (Å²) < 4.78 is 81.3. The summed E-state index contributed by atoms with van der Waals surface area (Å²) >= 11 is 0. The molecule has 3 saturated heterocycles. The fourth-order valence-electron chi connectivity index (χ4n) is 7.05. The van der Waals surface area contributed by atoms with Crippen molar-refractivity contribution < 1.29 is 31.8 Å². The van der Waals surface area contributed by atoms with E-state index in [9.17, 15) is 22.7 Å². The third kappa shape index (κ3) is 4.87. The molecule has 4 aromatic rings. The lowest BCUT2D eigenvalue weighted by Crippen LogP contribution is -2.55. The summed E-state index contributed by atoms with van der Waals surface area (Å²) in [7, 11) is 0. The molecule has 0 spiro atoms. The number of hydrogen-bond donors (Lipinski definition) is 2. The van der Waals surface area contributed by atoms with Crippen LogP contribution in [0, 0.1) is 24.0 Å². The number of anilines is 1. The lowest BCUT2D eigenvalue weighted by molar-refractivity contribution is -0.0301. The zero-order valence-corrected chi connectivity index (χ0v) is 24.0.